The first-order chi connectivity index (χ1) is 13.0. The Morgan fingerprint density at radius 1 is 1.19 bits per heavy atom. The molecule has 1 aliphatic heterocycles. The number of carbonyl (C=O) groups is 2. The lowest BCUT2D eigenvalue weighted by Crippen LogP contribution is -2.42. The summed E-state index contributed by atoms with van der Waals surface area (Å²) in [6, 6.07) is 6.01. The highest BCUT2D eigenvalue weighted by atomic mass is 16.5. The molecule has 27 heavy (non-hydrogen) atoms. The Morgan fingerprint density at radius 2 is 1.96 bits per heavy atom. The number of nitrogens with zero attached hydrogens (tertiary/aromatic N) is 1. The average molecular weight is 373 g/mol. The number of fused-ring (bicyclic) bond motifs is 1. The van der Waals surface area contributed by atoms with E-state index in [0.717, 1.165) is 12.8 Å². The van der Waals surface area contributed by atoms with Crippen LogP contribution in [0.5, 0.6) is 11.5 Å². The normalized spacial score (nSPS) is 24.4. The molecule has 1 aliphatic carbocycles. The molecular formula is C22H31NO4. The number of benzene rings is 1. The summed E-state index contributed by atoms with van der Waals surface area (Å²) in [5.41, 5.74) is 0.597. The summed E-state index contributed by atoms with van der Waals surface area (Å²) in [7, 11) is 1.56. The molecule has 1 heterocycles. The van der Waals surface area contributed by atoms with Crippen molar-refractivity contribution in [2.45, 2.75) is 70.9 Å². The Labute approximate surface area is 162 Å². The zero-order valence-electron chi connectivity index (χ0n) is 16.7. The van der Waals surface area contributed by atoms with Crippen LogP contribution in [0.2, 0.25) is 0 Å². The molecule has 0 aromatic heterocycles. The van der Waals surface area contributed by atoms with Gasteiger partial charge in [0.1, 0.15) is 0 Å². The van der Waals surface area contributed by atoms with Crippen LogP contribution in [0.15, 0.2) is 18.2 Å². The van der Waals surface area contributed by atoms with Gasteiger partial charge in [0.15, 0.2) is 17.3 Å². The zero-order valence-corrected chi connectivity index (χ0v) is 16.7. The van der Waals surface area contributed by atoms with E-state index in [1.807, 2.05) is 0 Å². The summed E-state index contributed by atoms with van der Waals surface area (Å²) in [6.07, 6.45) is 7.35. The van der Waals surface area contributed by atoms with Crippen molar-refractivity contribution in [3.8, 4) is 11.5 Å². The fraction of sp³-hybridized carbons (Fsp3) is 0.636. The number of rotatable bonds is 7. The molecule has 0 radical (unpaired) electrons. The molecule has 2 fully saturated rings. The van der Waals surface area contributed by atoms with Gasteiger partial charge in [-0.25, -0.2) is 0 Å². The minimum Gasteiger partial charge on any atom is -0.493 e. The first-order valence-corrected chi connectivity index (χ1v) is 10.1. The van der Waals surface area contributed by atoms with Crippen LogP contribution in [0.4, 0.5) is 0 Å². The van der Waals surface area contributed by atoms with E-state index in [4.69, 9.17) is 9.47 Å². The van der Waals surface area contributed by atoms with Crippen LogP contribution in [-0.4, -0.2) is 42.4 Å². The molecule has 1 aromatic rings. The lowest BCUT2D eigenvalue weighted by Gasteiger charge is -2.33. The minimum absolute atomic E-state index is 0.00815. The van der Waals surface area contributed by atoms with Crippen LogP contribution in [-0.2, 0) is 4.79 Å². The standard InChI is InChI=1S/C22H31NO4/c1-15-13-18-7-4-5-8-19(18)23(15)22(25)9-6-12-27-20-11-10-17(16(2)24)14-21(20)26-3/h10-11,14-15,18-19H,4-9,12-13H2,1-3H3. The summed E-state index contributed by atoms with van der Waals surface area (Å²) < 4.78 is 11.1. The summed E-state index contributed by atoms with van der Waals surface area (Å²) in [5, 5.41) is 0. The Morgan fingerprint density at radius 3 is 2.70 bits per heavy atom. The van der Waals surface area contributed by atoms with Crippen LogP contribution in [0.1, 0.15) is 69.2 Å². The van der Waals surface area contributed by atoms with Crippen molar-refractivity contribution >= 4 is 11.7 Å². The number of amides is 1. The van der Waals surface area contributed by atoms with Crippen LogP contribution in [0.3, 0.4) is 0 Å². The molecule has 1 amide bonds. The number of hydrogen-bond acceptors (Lipinski definition) is 4. The number of ether oxygens (including phenoxy) is 2. The molecular weight excluding hydrogens is 342 g/mol. The third-order valence-corrected chi connectivity index (χ3v) is 6.00. The average Bonchev–Trinajstić information content (AvgIpc) is 3.00. The van der Waals surface area contributed by atoms with Gasteiger partial charge in [-0.1, -0.05) is 12.8 Å². The Bertz CT molecular complexity index is 687. The van der Waals surface area contributed by atoms with Crippen molar-refractivity contribution in [3.63, 3.8) is 0 Å². The first-order valence-electron chi connectivity index (χ1n) is 10.1. The molecule has 1 saturated heterocycles. The van der Waals surface area contributed by atoms with E-state index in [-0.39, 0.29) is 11.7 Å². The highest BCUT2D eigenvalue weighted by Gasteiger charge is 2.41. The van der Waals surface area contributed by atoms with Gasteiger partial charge in [0.05, 0.1) is 13.7 Å². The molecule has 3 atom stereocenters. The van der Waals surface area contributed by atoms with Gasteiger partial charge in [-0.2, -0.15) is 0 Å². The van der Waals surface area contributed by atoms with Gasteiger partial charge in [-0.15, -0.1) is 0 Å². The minimum atomic E-state index is -0.00815. The predicted molar refractivity (Wildman–Crippen MR) is 104 cm³/mol. The van der Waals surface area contributed by atoms with Crippen LogP contribution >= 0.6 is 0 Å². The Hall–Kier alpha value is -2.04. The van der Waals surface area contributed by atoms with Crippen LogP contribution in [0, 0.1) is 5.92 Å². The third kappa shape index (κ3) is 4.45. The van der Waals surface area contributed by atoms with E-state index < -0.39 is 0 Å². The molecule has 0 N–H and O–H groups in total. The number of hydrogen-bond donors (Lipinski definition) is 0. The largest absolute Gasteiger partial charge is 0.493 e. The molecule has 2 aliphatic rings. The maximum Gasteiger partial charge on any atom is 0.223 e. The molecule has 148 valence electrons. The van der Waals surface area contributed by atoms with E-state index in [0.29, 0.717) is 54.5 Å². The van der Waals surface area contributed by atoms with Crippen molar-refractivity contribution in [2.75, 3.05) is 13.7 Å². The lowest BCUT2D eigenvalue weighted by molar-refractivity contribution is -0.134. The lowest BCUT2D eigenvalue weighted by atomic mass is 9.85. The number of ketones is 1. The van der Waals surface area contributed by atoms with Crippen molar-refractivity contribution in [1.29, 1.82) is 0 Å². The smallest absolute Gasteiger partial charge is 0.223 e. The number of methoxy groups -OCH3 is 1. The van der Waals surface area contributed by atoms with Crippen LogP contribution in [0.25, 0.3) is 0 Å². The Kier molecular flexibility index (Phi) is 6.40. The number of Topliss-reactive ketones (excluding diaryl/α,β-unsaturated/α-hetero) is 1. The monoisotopic (exact) mass is 373 g/mol. The predicted octanol–water partition coefficient (Wildman–Crippen LogP) is 4.24. The van der Waals surface area contributed by atoms with E-state index in [1.165, 1.54) is 26.2 Å². The van der Waals surface area contributed by atoms with Crippen molar-refractivity contribution in [3.05, 3.63) is 23.8 Å². The molecule has 5 nitrogen and oxygen atoms in total. The van der Waals surface area contributed by atoms with Crippen molar-refractivity contribution in [1.82, 2.24) is 4.90 Å². The Balaban J connectivity index is 1.50. The zero-order chi connectivity index (χ0) is 19.4. The molecule has 3 unspecified atom stereocenters. The van der Waals surface area contributed by atoms with Gasteiger partial charge in [-0.3, -0.25) is 9.59 Å². The summed E-state index contributed by atoms with van der Waals surface area (Å²) >= 11 is 0. The van der Waals surface area contributed by atoms with Gasteiger partial charge >= 0.3 is 0 Å². The van der Waals surface area contributed by atoms with Gasteiger partial charge < -0.3 is 14.4 Å². The molecule has 0 spiro atoms. The first kappa shape index (κ1) is 19.7. The topological polar surface area (TPSA) is 55.8 Å². The quantitative estimate of drug-likeness (QED) is 0.530. The second kappa shape index (κ2) is 8.77. The van der Waals surface area contributed by atoms with E-state index in [9.17, 15) is 9.59 Å². The molecule has 0 bridgehead atoms. The summed E-state index contributed by atoms with van der Waals surface area (Å²) in [4.78, 5) is 26.4. The number of likely N-dealkylation sites (tertiary alicyclic amines) is 1. The van der Waals surface area contributed by atoms with Crippen molar-refractivity contribution in [2.24, 2.45) is 5.92 Å². The molecule has 1 aromatic carbocycles. The third-order valence-electron chi connectivity index (χ3n) is 6.00. The van der Waals surface area contributed by atoms with E-state index in [2.05, 4.69) is 11.8 Å². The maximum absolute atomic E-state index is 12.8. The molecule has 3 rings (SSSR count). The highest BCUT2D eigenvalue weighted by Crippen LogP contribution is 2.39. The van der Waals surface area contributed by atoms with E-state index >= 15 is 0 Å². The fourth-order valence-electron chi connectivity index (χ4n) is 4.68. The molecule has 1 saturated carbocycles. The van der Waals surface area contributed by atoms with Crippen LogP contribution < -0.4 is 9.47 Å². The van der Waals surface area contributed by atoms with Gasteiger partial charge in [0.25, 0.3) is 0 Å². The SMILES string of the molecule is COc1cc(C(C)=O)ccc1OCCCC(=O)N1C(C)CC2CCCCC21. The summed E-state index contributed by atoms with van der Waals surface area (Å²) in [6.45, 7) is 4.17. The van der Waals surface area contributed by atoms with Gasteiger partial charge in [-0.05, 0) is 63.6 Å². The fourth-order valence-corrected chi connectivity index (χ4v) is 4.68. The highest BCUT2D eigenvalue weighted by molar-refractivity contribution is 5.94. The second-order valence-corrected chi connectivity index (χ2v) is 7.87. The van der Waals surface area contributed by atoms with Crippen molar-refractivity contribution < 1.29 is 19.1 Å². The maximum atomic E-state index is 12.8. The number of carbonyl (C=O) groups excluding carboxylic acids is 2. The van der Waals surface area contributed by atoms with Gasteiger partial charge in [0, 0.05) is 24.1 Å². The summed E-state index contributed by atoms with van der Waals surface area (Å²) in [5.74, 6) is 2.12. The van der Waals surface area contributed by atoms with E-state index in [1.54, 1.807) is 25.3 Å². The molecule has 5 heteroatoms. The second-order valence-electron chi connectivity index (χ2n) is 7.87. The van der Waals surface area contributed by atoms with Gasteiger partial charge in [0.2, 0.25) is 5.91 Å².